The number of carbonyl (C=O) groups is 1. The number of carbonyl (C=O) groups excluding carboxylic acids is 1. The first-order chi connectivity index (χ1) is 9.52. The Balaban J connectivity index is 0.00000220. The molecule has 1 aromatic carbocycles. The van der Waals surface area contributed by atoms with Crippen LogP contribution in [0.1, 0.15) is 25.3 Å². The van der Waals surface area contributed by atoms with Crippen LogP contribution in [0.3, 0.4) is 0 Å². The lowest BCUT2D eigenvalue weighted by Crippen LogP contribution is -2.45. The molecule has 1 aliphatic heterocycles. The van der Waals surface area contributed by atoms with Crippen LogP contribution >= 0.6 is 24.0 Å². The second-order valence-corrected chi connectivity index (χ2v) is 5.66. The van der Waals surface area contributed by atoms with Gasteiger partial charge in [0.15, 0.2) is 6.10 Å². The van der Waals surface area contributed by atoms with Crippen LogP contribution in [0.5, 0.6) is 5.75 Å². The summed E-state index contributed by atoms with van der Waals surface area (Å²) < 4.78 is 5.73. The Labute approximate surface area is 137 Å². The van der Waals surface area contributed by atoms with Crippen molar-refractivity contribution in [2.75, 3.05) is 13.1 Å². The molecular formula is C15H22Cl2N2O2. The summed E-state index contributed by atoms with van der Waals surface area (Å²) in [6.07, 6.45) is 1.42. The van der Waals surface area contributed by atoms with Gasteiger partial charge in [-0.3, -0.25) is 4.79 Å². The van der Waals surface area contributed by atoms with E-state index in [2.05, 4.69) is 0 Å². The van der Waals surface area contributed by atoms with Crippen LogP contribution < -0.4 is 10.5 Å². The molecule has 1 aliphatic rings. The van der Waals surface area contributed by atoms with Gasteiger partial charge in [0.1, 0.15) is 5.75 Å². The first kappa shape index (κ1) is 18.1. The van der Waals surface area contributed by atoms with Crippen molar-refractivity contribution in [3.05, 3.63) is 28.8 Å². The first-order valence-electron chi connectivity index (χ1n) is 6.96. The van der Waals surface area contributed by atoms with E-state index >= 15 is 0 Å². The molecule has 0 aromatic heterocycles. The number of ether oxygens (including phenoxy) is 1. The van der Waals surface area contributed by atoms with Gasteiger partial charge in [-0.25, -0.2) is 0 Å². The summed E-state index contributed by atoms with van der Waals surface area (Å²) in [5.74, 6) is 0.534. The smallest absolute Gasteiger partial charge is 0.263 e. The van der Waals surface area contributed by atoms with Gasteiger partial charge in [0, 0.05) is 19.1 Å². The molecule has 1 fully saturated rings. The van der Waals surface area contributed by atoms with E-state index in [0.717, 1.165) is 24.9 Å². The highest BCUT2D eigenvalue weighted by molar-refractivity contribution is 6.32. The fraction of sp³-hybridized carbons (Fsp3) is 0.533. The van der Waals surface area contributed by atoms with Gasteiger partial charge in [0.05, 0.1) is 5.02 Å². The number of aryl methyl sites for hydroxylation is 1. The third-order valence-corrected chi connectivity index (χ3v) is 3.98. The van der Waals surface area contributed by atoms with Gasteiger partial charge < -0.3 is 15.4 Å². The predicted octanol–water partition coefficient (Wildman–Crippen LogP) is 2.79. The number of rotatable bonds is 4. The first-order valence-corrected chi connectivity index (χ1v) is 7.34. The van der Waals surface area contributed by atoms with E-state index in [1.165, 1.54) is 0 Å². The van der Waals surface area contributed by atoms with Crippen molar-refractivity contribution in [3.63, 3.8) is 0 Å². The Bertz CT molecular complexity index is 497. The Hall–Kier alpha value is -0.970. The zero-order chi connectivity index (χ0) is 14.7. The van der Waals surface area contributed by atoms with Crippen LogP contribution in [0.25, 0.3) is 0 Å². The van der Waals surface area contributed by atoms with E-state index in [1.807, 2.05) is 24.0 Å². The van der Waals surface area contributed by atoms with Crippen molar-refractivity contribution in [1.82, 2.24) is 4.90 Å². The van der Waals surface area contributed by atoms with Crippen LogP contribution in [-0.4, -0.2) is 36.0 Å². The zero-order valence-electron chi connectivity index (χ0n) is 12.3. The van der Waals surface area contributed by atoms with Crippen LogP contribution in [0, 0.1) is 6.92 Å². The topological polar surface area (TPSA) is 55.6 Å². The molecule has 2 N–H and O–H groups in total. The molecule has 0 radical (unpaired) electrons. The molecule has 1 heterocycles. The number of hydrogen-bond acceptors (Lipinski definition) is 3. The summed E-state index contributed by atoms with van der Waals surface area (Å²) in [5.41, 5.74) is 6.75. The summed E-state index contributed by atoms with van der Waals surface area (Å²) in [6, 6.07) is 5.67. The number of nitrogens with two attached hydrogens (primary N) is 1. The van der Waals surface area contributed by atoms with Crippen LogP contribution in [0.4, 0.5) is 0 Å². The minimum atomic E-state index is -0.554. The summed E-state index contributed by atoms with van der Waals surface area (Å²) in [4.78, 5) is 14.2. The fourth-order valence-electron chi connectivity index (χ4n) is 2.55. The molecule has 0 bridgehead atoms. The Kier molecular flexibility index (Phi) is 6.78. The molecule has 1 aromatic rings. The number of halogens is 2. The van der Waals surface area contributed by atoms with Crippen molar-refractivity contribution in [1.29, 1.82) is 0 Å². The monoisotopic (exact) mass is 332 g/mol. The van der Waals surface area contributed by atoms with Crippen molar-refractivity contribution >= 4 is 29.9 Å². The largest absolute Gasteiger partial charge is 0.479 e. The number of amides is 1. The number of hydrogen-bond donors (Lipinski definition) is 1. The molecule has 2 atom stereocenters. The number of benzene rings is 1. The molecule has 1 amide bonds. The third kappa shape index (κ3) is 4.25. The fourth-order valence-corrected chi connectivity index (χ4v) is 2.71. The molecule has 2 rings (SSSR count). The van der Waals surface area contributed by atoms with Gasteiger partial charge in [-0.15, -0.1) is 12.4 Å². The minimum Gasteiger partial charge on any atom is -0.479 e. The lowest BCUT2D eigenvalue weighted by atomic mass is 10.2. The number of likely N-dealkylation sites (tertiary alicyclic amines) is 1. The second kappa shape index (κ2) is 7.87. The highest BCUT2D eigenvalue weighted by Crippen LogP contribution is 2.27. The molecule has 1 saturated heterocycles. The van der Waals surface area contributed by atoms with Crippen LogP contribution in [0.15, 0.2) is 18.2 Å². The maximum atomic E-state index is 12.4. The summed E-state index contributed by atoms with van der Waals surface area (Å²) >= 11 is 6.09. The average Bonchev–Trinajstić information content (AvgIpc) is 2.90. The molecular weight excluding hydrogens is 311 g/mol. The SMILES string of the molecule is Cc1ccc(Cl)c(OC(C)C(=O)N2CCCC2CN)c1.Cl. The highest BCUT2D eigenvalue weighted by atomic mass is 35.5. The van der Waals surface area contributed by atoms with Crippen LogP contribution in [-0.2, 0) is 4.79 Å². The Morgan fingerprint density at radius 3 is 2.95 bits per heavy atom. The molecule has 0 aliphatic carbocycles. The van der Waals surface area contributed by atoms with E-state index in [4.69, 9.17) is 22.1 Å². The van der Waals surface area contributed by atoms with Gasteiger partial charge in [-0.2, -0.15) is 0 Å². The molecule has 118 valence electrons. The second-order valence-electron chi connectivity index (χ2n) is 5.26. The summed E-state index contributed by atoms with van der Waals surface area (Å²) in [6.45, 7) is 4.98. The standard InChI is InChI=1S/C15H21ClN2O2.ClH/c1-10-5-6-13(16)14(8-10)20-11(2)15(19)18-7-3-4-12(18)9-17;/h5-6,8,11-12H,3-4,7,9,17H2,1-2H3;1H. The maximum Gasteiger partial charge on any atom is 0.263 e. The average molecular weight is 333 g/mol. The highest BCUT2D eigenvalue weighted by Gasteiger charge is 2.31. The van der Waals surface area contributed by atoms with Crippen molar-refractivity contribution in [3.8, 4) is 5.75 Å². The zero-order valence-corrected chi connectivity index (χ0v) is 13.9. The van der Waals surface area contributed by atoms with Crippen molar-refractivity contribution < 1.29 is 9.53 Å². The van der Waals surface area contributed by atoms with E-state index in [-0.39, 0.29) is 24.4 Å². The minimum absolute atomic E-state index is 0. The summed E-state index contributed by atoms with van der Waals surface area (Å²) in [7, 11) is 0. The maximum absolute atomic E-state index is 12.4. The van der Waals surface area contributed by atoms with Gasteiger partial charge in [-0.1, -0.05) is 17.7 Å². The van der Waals surface area contributed by atoms with Crippen molar-refractivity contribution in [2.45, 2.75) is 38.8 Å². The quantitative estimate of drug-likeness (QED) is 0.922. The predicted molar refractivity (Wildman–Crippen MR) is 87.3 cm³/mol. The lowest BCUT2D eigenvalue weighted by Gasteiger charge is -2.27. The normalized spacial score (nSPS) is 19.0. The number of nitrogens with zero attached hydrogens (tertiary/aromatic N) is 1. The van der Waals surface area contributed by atoms with E-state index in [9.17, 15) is 4.79 Å². The summed E-state index contributed by atoms with van der Waals surface area (Å²) in [5, 5.41) is 0.520. The van der Waals surface area contributed by atoms with Crippen LogP contribution in [0.2, 0.25) is 5.02 Å². The Morgan fingerprint density at radius 2 is 2.29 bits per heavy atom. The van der Waals surface area contributed by atoms with Gasteiger partial charge in [0.2, 0.25) is 0 Å². The molecule has 21 heavy (non-hydrogen) atoms. The molecule has 6 heteroatoms. The Morgan fingerprint density at radius 1 is 1.57 bits per heavy atom. The molecule has 0 spiro atoms. The van der Waals surface area contributed by atoms with Gasteiger partial charge >= 0.3 is 0 Å². The lowest BCUT2D eigenvalue weighted by molar-refractivity contribution is -0.138. The van der Waals surface area contributed by atoms with E-state index < -0.39 is 6.10 Å². The third-order valence-electron chi connectivity index (χ3n) is 3.67. The van der Waals surface area contributed by atoms with Gasteiger partial charge in [-0.05, 0) is 44.4 Å². The van der Waals surface area contributed by atoms with E-state index in [1.54, 1.807) is 13.0 Å². The van der Waals surface area contributed by atoms with Crippen molar-refractivity contribution in [2.24, 2.45) is 5.73 Å². The van der Waals surface area contributed by atoms with Gasteiger partial charge in [0.25, 0.3) is 5.91 Å². The molecule has 0 saturated carbocycles. The molecule has 4 nitrogen and oxygen atoms in total. The van der Waals surface area contributed by atoms with E-state index in [0.29, 0.717) is 17.3 Å². The molecule has 2 unspecified atom stereocenters.